The van der Waals surface area contributed by atoms with E-state index >= 15 is 0 Å². The summed E-state index contributed by atoms with van der Waals surface area (Å²) in [7, 11) is 0. The van der Waals surface area contributed by atoms with Gasteiger partial charge in [-0.3, -0.25) is 0 Å². The second-order valence-electron chi connectivity index (χ2n) is 21.2. The van der Waals surface area contributed by atoms with Crippen molar-refractivity contribution in [3.8, 4) is 0 Å². The first-order chi connectivity index (χ1) is 29.3. The van der Waals surface area contributed by atoms with Crippen LogP contribution in [0.4, 0.5) is 0 Å². The molecule has 0 aromatic heterocycles. The molecule has 354 valence electrons. The largest absolute Gasteiger partial charge is 0.394 e. The Balaban J connectivity index is 0.931. The first-order valence-electron chi connectivity index (χ1n) is 23.3. The molecule has 17 nitrogen and oxygen atoms in total. The quantitative estimate of drug-likeness (QED) is 0.155. The summed E-state index contributed by atoms with van der Waals surface area (Å²) in [5, 5.41) is 98.0. The Hall–Kier alpha value is -0.940. The maximum absolute atomic E-state index is 12.1. The molecule has 9 rings (SSSR count). The van der Waals surface area contributed by atoms with Crippen molar-refractivity contribution in [3.63, 3.8) is 0 Å². The van der Waals surface area contributed by atoms with Crippen molar-refractivity contribution >= 4 is 0 Å². The second-order valence-corrected chi connectivity index (χ2v) is 21.2. The van der Waals surface area contributed by atoms with Gasteiger partial charge >= 0.3 is 0 Å². The number of fused-ring (bicyclic) bond motifs is 7. The van der Waals surface area contributed by atoms with Crippen LogP contribution in [0, 0.1) is 46.3 Å². The molecule has 0 amide bonds. The third-order valence-corrected chi connectivity index (χ3v) is 17.7. The monoisotopic (exact) mass is 884 g/mol. The average molecular weight is 885 g/mol. The summed E-state index contributed by atoms with van der Waals surface area (Å²) < 4.78 is 49.9. The summed E-state index contributed by atoms with van der Waals surface area (Å²) >= 11 is 0. The third kappa shape index (κ3) is 7.40. The first-order valence-corrected chi connectivity index (χ1v) is 23.3. The van der Waals surface area contributed by atoms with Crippen LogP contribution in [0.3, 0.4) is 0 Å². The van der Waals surface area contributed by atoms with Gasteiger partial charge in [-0.05, 0) is 99.2 Å². The molecule has 0 aromatic rings. The van der Waals surface area contributed by atoms with Crippen LogP contribution in [0.25, 0.3) is 0 Å². The molecule has 5 heterocycles. The number of ether oxygens (including phenoxy) is 8. The van der Waals surface area contributed by atoms with Gasteiger partial charge < -0.3 is 83.9 Å². The Morgan fingerprint density at radius 2 is 1.32 bits per heavy atom. The van der Waals surface area contributed by atoms with E-state index in [1.807, 2.05) is 6.08 Å². The van der Waals surface area contributed by atoms with E-state index in [0.29, 0.717) is 30.6 Å². The van der Waals surface area contributed by atoms with E-state index in [1.54, 1.807) is 0 Å². The summed E-state index contributed by atoms with van der Waals surface area (Å²) in [5.74, 6) is 1.30. The summed E-state index contributed by atoms with van der Waals surface area (Å²) in [4.78, 5) is 0. The lowest BCUT2D eigenvalue weighted by Gasteiger charge is -2.59. The van der Waals surface area contributed by atoms with Gasteiger partial charge in [0.1, 0.15) is 61.0 Å². The van der Waals surface area contributed by atoms with E-state index < -0.39 is 117 Å². The fourth-order valence-electron chi connectivity index (χ4n) is 14.0. The minimum absolute atomic E-state index is 0.0191. The van der Waals surface area contributed by atoms with E-state index in [2.05, 4.69) is 27.7 Å². The van der Waals surface area contributed by atoms with E-state index in [0.717, 1.165) is 50.7 Å². The normalized spacial score (nSPS) is 58.9. The van der Waals surface area contributed by atoms with E-state index in [-0.39, 0.29) is 34.7 Å². The topological polar surface area (TPSA) is 256 Å². The maximum Gasteiger partial charge on any atom is 0.187 e. The molecule has 1 spiro atoms. The smallest absolute Gasteiger partial charge is 0.187 e. The number of aliphatic hydroxyl groups is 9. The van der Waals surface area contributed by atoms with Crippen molar-refractivity contribution in [2.24, 2.45) is 46.3 Å². The van der Waals surface area contributed by atoms with Gasteiger partial charge in [-0.25, -0.2) is 0 Å². The lowest BCUT2D eigenvalue weighted by molar-refractivity contribution is -0.388. The molecule has 8 fully saturated rings. The molecular formula is C45H72O17. The molecule has 9 N–H and O–H groups in total. The zero-order chi connectivity index (χ0) is 44.4. The van der Waals surface area contributed by atoms with Gasteiger partial charge in [0.25, 0.3) is 0 Å². The Morgan fingerprint density at radius 1 is 0.677 bits per heavy atom. The predicted octanol–water partition coefficient (Wildman–Crippen LogP) is 0.213. The highest BCUT2D eigenvalue weighted by molar-refractivity contribution is 5.29. The predicted molar refractivity (Wildman–Crippen MR) is 214 cm³/mol. The van der Waals surface area contributed by atoms with E-state index in [9.17, 15) is 46.0 Å². The van der Waals surface area contributed by atoms with Gasteiger partial charge in [-0.2, -0.15) is 0 Å². The Bertz CT molecular complexity index is 1630. The Labute approximate surface area is 363 Å². The number of rotatable bonds is 7. The average Bonchev–Trinajstić information content (AvgIpc) is 3.69. The summed E-state index contributed by atoms with van der Waals surface area (Å²) in [6.07, 6.45) is -14.1. The van der Waals surface area contributed by atoms with Crippen molar-refractivity contribution < 1.29 is 83.9 Å². The zero-order valence-electron chi connectivity index (χ0n) is 36.8. The fourth-order valence-corrected chi connectivity index (χ4v) is 14.0. The van der Waals surface area contributed by atoms with Crippen LogP contribution in [0.5, 0.6) is 0 Å². The van der Waals surface area contributed by atoms with Crippen LogP contribution in [-0.4, -0.2) is 175 Å². The van der Waals surface area contributed by atoms with E-state index in [1.165, 1.54) is 13.8 Å². The van der Waals surface area contributed by atoms with Gasteiger partial charge in [0.2, 0.25) is 0 Å². The summed E-state index contributed by atoms with van der Waals surface area (Å²) in [6.45, 7) is 12.3. The molecule has 0 aromatic carbocycles. The lowest BCUT2D eigenvalue weighted by Crippen LogP contribution is -2.66. The lowest BCUT2D eigenvalue weighted by atomic mass is 9.46. The van der Waals surface area contributed by atoms with Crippen molar-refractivity contribution in [2.45, 2.75) is 209 Å². The van der Waals surface area contributed by atoms with E-state index in [4.69, 9.17) is 37.9 Å². The van der Waals surface area contributed by atoms with Crippen molar-refractivity contribution in [2.75, 3.05) is 13.2 Å². The van der Waals surface area contributed by atoms with Crippen molar-refractivity contribution in [1.29, 1.82) is 0 Å². The second kappa shape index (κ2) is 17.0. The maximum atomic E-state index is 12.1. The van der Waals surface area contributed by atoms with Crippen LogP contribution >= 0.6 is 0 Å². The fraction of sp³-hybridized carbons (Fsp3) is 0.956. The molecule has 27 atom stereocenters. The minimum Gasteiger partial charge on any atom is -0.394 e. The van der Waals surface area contributed by atoms with Crippen LogP contribution < -0.4 is 0 Å². The molecule has 0 unspecified atom stereocenters. The molecule has 17 heteroatoms. The van der Waals surface area contributed by atoms with Crippen LogP contribution in [-0.2, 0) is 37.9 Å². The van der Waals surface area contributed by atoms with Gasteiger partial charge in [0, 0.05) is 12.3 Å². The highest BCUT2D eigenvalue weighted by Gasteiger charge is 2.70. The SMILES string of the molecule is C[C@@H]1CC[C@@]2(OC1)O[C@H]1C[C@H]3[C@@H]4[C@H](O)C=C5C[C@@H](O[C@@H]6O[C@H](CO)[C@@H](O[C@@H]7O[C@@H](C)[C@H](O)[C@@H](O)[C@H]7O)[C@H](O)[C@H]6O[C@@H]6O[C@@H](C)[C@H](O)[C@@H](O)[C@H]6O)CC[C@]5(C)[C@H]4CC[C@]3(C)[C@H]1[C@@H]2C. The number of hydrogen-bond acceptors (Lipinski definition) is 17. The van der Waals surface area contributed by atoms with Crippen molar-refractivity contribution in [3.05, 3.63) is 11.6 Å². The molecule has 3 saturated carbocycles. The van der Waals surface area contributed by atoms with Crippen molar-refractivity contribution in [1.82, 2.24) is 0 Å². The highest BCUT2D eigenvalue weighted by atomic mass is 16.8. The molecule has 0 bridgehead atoms. The highest BCUT2D eigenvalue weighted by Crippen LogP contribution is 2.70. The molecule has 4 aliphatic carbocycles. The zero-order valence-corrected chi connectivity index (χ0v) is 36.8. The molecule has 5 aliphatic heterocycles. The van der Waals surface area contributed by atoms with Gasteiger partial charge in [-0.1, -0.05) is 39.3 Å². The van der Waals surface area contributed by atoms with Crippen LogP contribution in [0.1, 0.15) is 92.9 Å². The summed E-state index contributed by atoms with van der Waals surface area (Å²) in [5.41, 5.74) is 0.921. The first kappa shape index (κ1) is 46.2. The van der Waals surface area contributed by atoms with Gasteiger partial charge in [-0.15, -0.1) is 0 Å². The Morgan fingerprint density at radius 3 is 1.94 bits per heavy atom. The molecule has 9 aliphatic rings. The molecule has 5 saturated heterocycles. The molecular weight excluding hydrogens is 812 g/mol. The van der Waals surface area contributed by atoms with Crippen LogP contribution in [0.15, 0.2) is 11.6 Å². The molecule has 0 radical (unpaired) electrons. The molecule has 62 heavy (non-hydrogen) atoms. The summed E-state index contributed by atoms with van der Waals surface area (Å²) in [6, 6.07) is 0. The van der Waals surface area contributed by atoms with Gasteiger partial charge in [0.05, 0.1) is 43.7 Å². The Kier molecular flexibility index (Phi) is 12.7. The van der Waals surface area contributed by atoms with Crippen LogP contribution in [0.2, 0.25) is 0 Å². The van der Waals surface area contributed by atoms with Gasteiger partial charge in [0.15, 0.2) is 24.7 Å². The number of aliphatic hydroxyl groups excluding tert-OH is 9. The third-order valence-electron chi connectivity index (χ3n) is 17.7. The minimum atomic E-state index is -1.74. The number of hydrogen-bond donors (Lipinski definition) is 9. The standard InChI is InChI=1S/C45H72O17/c1-18-7-12-45(55-17-18)19(2)30-27(62-45)15-25-29-24(9-11-44(25,30)6)43(5)10-8-23(13-22(43)14-26(29)47)58-42-39(61-41-36(53)34(51)32(49)21(4)57-41)37(54)38(28(16-46)59-42)60-40-35(52)33(50)31(48)20(3)56-40/h14,18-21,23-42,46-54H,7-13,15-17H2,1-6H3/t18-,19+,20+,21+,23+,24+,25+,26-,27+,28-,29-,30+,31+,32+,33-,34-,35-,36-,37+,38-,39-,40+,41+,42-,43+,44+,45-/m1/s1.